The summed E-state index contributed by atoms with van der Waals surface area (Å²) >= 11 is 0. The predicted octanol–water partition coefficient (Wildman–Crippen LogP) is 0.0765. The van der Waals surface area contributed by atoms with Crippen LogP contribution in [0.5, 0.6) is 5.75 Å². The monoisotopic (exact) mass is 270 g/mol. The summed E-state index contributed by atoms with van der Waals surface area (Å²) in [7, 11) is 0. The van der Waals surface area contributed by atoms with E-state index in [1.54, 1.807) is 13.1 Å². The topological polar surface area (TPSA) is 94.8 Å². The van der Waals surface area contributed by atoms with Gasteiger partial charge in [-0.05, 0) is 19.9 Å². The lowest BCUT2D eigenvalue weighted by Crippen LogP contribution is -2.18. The van der Waals surface area contributed by atoms with Crippen molar-refractivity contribution in [2.45, 2.75) is 26.5 Å². The first-order valence-electron chi connectivity index (χ1n) is 6.37. The summed E-state index contributed by atoms with van der Waals surface area (Å²) in [4.78, 5) is 4.01. The number of hydrogen-bond donors (Lipinski definition) is 4. The summed E-state index contributed by atoms with van der Waals surface area (Å²) in [5.74, 6) is 0.135. The van der Waals surface area contributed by atoms with Gasteiger partial charge in [-0.2, -0.15) is 0 Å². The zero-order valence-corrected chi connectivity index (χ0v) is 11.2. The first kappa shape index (κ1) is 15.8. The average Bonchev–Trinajstić information content (AvgIpc) is 2.42. The van der Waals surface area contributed by atoms with E-state index in [-0.39, 0.29) is 19.0 Å². The Labute approximate surface area is 113 Å². The normalized spacial score (nSPS) is 10.9. The molecule has 0 saturated heterocycles. The van der Waals surface area contributed by atoms with E-state index in [0.29, 0.717) is 36.6 Å². The van der Waals surface area contributed by atoms with Crippen LogP contribution in [0.15, 0.2) is 6.20 Å². The number of nitrogens with zero attached hydrogens (tertiary/aromatic N) is 1. The number of aromatic hydroxyl groups is 1. The molecule has 0 bridgehead atoms. The minimum atomic E-state index is -0.141. The third-order valence-electron chi connectivity index (χ3n) is 2.78. The maximum Gasteiger partial charge on any atom is 0.141 e. The highest BCUT2D eigenvalue weighted by Gasteiger charge is 2.10. The molecule has 0 amide bonds. The molecule has 1 aromatic rings. The largest absolute Gasteiger partial charge is 0.506 e. The minimum absolute atomic E-state index is 0.0391. The molecule has 0 aliphatic rings. The van der Waals surface area contributed by atoms with Crippen LogP contribution >= 0.6 is 0 Å². The Bertz CT molecular complexity index is 385. The van der Waals surface area contributed by atoms with Crippen molar-refractivity contribution in [3.8, 4) is 5.75 Å². The number of hydrogen-bond acceptors (Lipinski definition) is 6. The lowest BCUT2D eigenvalue weighted by Gasteiger charge is -2.12. The molecule has 0 unspecified atom stereocenters. The molecule has 0 spiro atoms. The Kier molecular flexibility index (Phi) is 7.35. The van der Waals surface area contributed by atoms with Crippen LogP contribution in [0.4, 0.5) is 0 Å². The molecule has 1 heterocycles. The molecule has 0 aromatic carbocycles. The van der Waals surface area contributed by atoms with Crippen LogP contribution in [-0.2, 0) is 17.9 Å². The smallest absolute Gasteiger partial charge is 0.141 e. The summed E-state index contributed by atoms with van der Waals surface area (Å²) in [6, 6.07) is 0. The van der Waals surface area contributed by atoms with E-state index >= 15 is 0 Å². The van der Waals surface area contributed by atoms with E-state index in [0.717, 1.165) is 13.0 Å². The number of aryl methyl sites for hydroxylation is 1. The molecule has 0 radical (unpaired) electrons. The second-order valence-corrected chi connectivity index (χ2v) is 4.22. The Hall–Kier alpha value is -1.21. The minimum Gasteiger partial charge on any atom is -0.506 e. The van der Waals surface area contributed by atoms with Gasteiger partial charge in [0.15, 0.2) is 0 Å². The van der Waals surface area contributed by atoms with Gasteiger partial charge in [-0.1, -0.05) is 0 Å². The quantitative estimate of drug-likeness (QED) is 0.475. The number of ether oxygens (including phenoxy) is 1. The van der Waals surface area contributed by atoms with Gasteiger partial charge in [0.2, 0.25) is 0 Å². The number of rotatable bonds is 9. The SMILES string of the molecule is Cc1ncc(CO)c(CNCCCOCCO)c1O. The third-order valence-corrected chi connectivity index (χ3v) is 2.78. The van der Waals surface area contributed by atoms with Crippen molar-refractivity contribution in [1.82, 2.24) is 10.3 Å². The molecule has 19 heavy (non-hydrogen) atoms. The van der Waals surface area contributed by atoms with Crippen molar-refractivity contribution >= 4 is 0 Å². The standard InChI is InChI=1S/C13H22N2O4/c1-10-13(18)12(11(9-17)7-15-10)8-14-3-2-5-19-6-4-16/h7,14,16-18H,2-6,8-9H2,1H3. The molecule has 0 fully saturated rings. The summed E-state index contributed by atoms with van der Waals surface area (Å²) in [5, 5.41) is 30.8. The van der Waals surface area contributed by atoms with Crippen molar-refractivity contribution in [1.29, 1.82) is 0 Å². The van der Waals surface area contributed by atoms with Gasteiger partial charge in [0.25, 0.3) is 0 Å². The second-order valence-electron chi connectivity index (χ2n) is 4.22. The van der Waals surface area contributed by atoms with E-state index < -0.39 is 0 Å². The Morgan fingerprint density at radius 3 is 2.79 bits per heavy atom. The molecule has 6 heteroatoms. The first-order chi connectivity index (χ1) is 9.20. The van der Waals surface area contributed by atoms with Gasteiger partial charge >= 0.3 is 0 Å². The van der Waals surface area contributed by atoms with Crippen molar-refractivity contribution in [2.24, 2.45) is 0 Å². The van der Waals surface area contributed by atoms with Crippen molar-refractivity contribution in [3.05, 3.63) is 23.0 Å². The van der Waals surface area contributed by atoms with E-state index in [9.17, 15) is 10.2 Å². The van der Waals surface area contributed by atoms with Crippen molar-refractivity contribution < 1.29 is 20.1 Å². The van der Waals surface area contributed by atoms with Crippen LogP contribution in [0.2, 0.25) is 0 Å². The zero-order chi connectivity index (χ0) is 14.1. The molecule has 4 N–H and O–H groups in total. The fourth-order valence-corrected chi connectivity index (χ4v) is 1.70. The third kappa shape index (κ3) is 5.12. The van der Waals surface area contributed by atoms with Gasteiger partial charge in [-0.3, -0.25) is 4.98 Å². The lowest BCUT2D eigenvalue weighted by atomic mass is 10.1. The van der Waals surface area contributed by atoms with Gasteiger partial charge in [-0.25, -0.2) is 0 Å². The highest BCUT2D eigenvalue weighted by molar-refractivity contribution is 5.40. The number of aromatic nitrogens is 1. The molecule has 1 aromatic heterocycles. The van der Waals surface area contributed by atoms with Crippen LogP contribution in [0.1, 0.15) is 23.2 Å². The second kappa shape index (κ2) is 8.82. The maximum atomic E-state index is 9.92. The number of aliphatic hydroxyl groups is 2. The van der Waals surface area contributed by atoms with Gasteiger partial charge in [-0.15, -0.1) is 0 Å². The van der Waals surface area contributed by atoms with Crippen LogP contribution in [0.25, 0.3) is 0 Å². The Morgan fingerprint density at radius 2 is 2.11 bits per heavy atom. The molecule has 0 atom stereocenters. The number of nitrogens with one attached hydrogen (secondary N) is 1. The van der Waals surface area contributed by atoms with E-state index in [2.05, 4.69) is 10.3 Å². The van der Waals surface area contributed by atoms with Crippen LogP contribution < -0.4 is 5.32 Å². The van der Waals surface area contributed by atoms with E-state index in [1.165, 1.54) is 0 Å². The lowest BCUT2D eigenvalue weighted by molar-refractivity contribution is 0.0907. The van der Waals surface area contributed by atoms with Crippen molar-refractivity contribution in [2.75, 3.05) is 26.4 Å². The number of aliphatic hydroxyl groups excluding tert-OH is 2. The molecular formula is C13H22N2O4. The summed E-state index contributed by atoms with van der Waals surface area (Å²) in [6.45, 7) is 3.78. The summed E-state index contributed by atoms with van der Waals surface area (Å²) in [5.41, 5.74) is 1.87. The molecular weight excluding hydrogens is 248 g/mol. The maximum absolute atomic E-state index is 9.92. The molecule has 1 rings (SSSR count). The highest BCUT2D eigenvalue weighted by Crippen LogP contribution is 2.23. The van der Waals surface area contributed by atoms with Crippen molar-refractivity contribution in [3.63, 3.8) is 0 Å². The van der Waals surface area contributed by atoms with Gasteiger partial charge in [0.1, 0.15) is 5.75 Å². The summed E-state index contributed by atoms with van der Waals surface area (Å²) in [6.07, 6.45) is 2.40. The highest BCUT2D eigenvalue weighted by atomic mass is 16.5. The van der Waals surface area contributed by atoms with Gasteiger partial charge < -0.3 is 25.4 Å². The molecule has 0 saturated carbocycles. The molecule has 0 aliphatic heterocycles. The predicted molar refractivity (Wildman–Crippen MR) is 70.8 cm³/mol. The number of pyridine rings is 1. The van der Waals surface area contributed by atoms with E-state index in [1.807, 2.05) is 0 Å². The van der Waals surface area contributed by atoms with Crippen LogP contribution in [-0.4, -0.2) is 46.7 Å². The Balaban J connectivity index is 2.38. The molecule has 6 nitrogen and oxygen atoms in total. The first-order valence-corrected chi connectivity index (χ1v) is 6.37. The van der Waals surface area contributed by atoms with Gasteiger partial charge in [0, 0.05) is 30.5 Å². The fraction of sp³-hybridized carbons (Fsp3) is 0.615. The zero-order valence-electron chi connectivity index (χ0n) is 11.2. The van der Waals surface area contributed by atoms with Crippen LogP contribution in [0.3, 0.4) is 0 Å². The Morgan fingerprint density at radius 1 is 1.32 bits per heavy atom. The van der Waals surface area contributed by atoms with Gasteiger partial charge in [0.05, 0.1) is 25.5 Å². The summed E-state index contributed by atoms with van der Waals surface area (Å²) < 4.78 is 5.13. The average molecular weight is 270 g/mol. The molecule has 0 aliphatic carbocycles. The molecule has 108 valence electrons. The van der Waals surface area contributed by atoms with Crippen LogP contribution in [0, 0.1) is 6.92 Å². The fourth-order valence-electron chi connectivity index (χ4n) is 1.70. The van der Waals surface area contributed by atoms with E-state index in [4.69, 9.17) is 9.84 Å².